The van der Waals surface area contributed by atoms with E-state index >= 15 is 0 Å². The van der Waals surface area contributed by atoms with Crippen molar-refractivity contribution in [3.8, 4) is 5.75 Å². The molecule has 0 aliphatic carbocycles. The van der Waals surface area contributed by atoms with E-state index in [-0.39, 0.29) is 24.5 Å². The Morgan fingerprint density at radius 1 is 1.30 bits per heavy atom. The number of hydrogen-bond acceptors (Lipinski definition) is 3. The van der Waals surface area contributed by atoms with Crippen LogP contribution >= 0.6 is 11.6 Å². The number of aliphatic hydroxyl groups is 1. The van der Waals surface area contributed by atoms with Gasteiger partial charge in [0.25, 0.3) is 5.91 Å². The molecule has 0 unspecified atom stereocenters. The van der Waals surface area contributed by atoms with Crippen LogP contribution in [0.4, 0.5) is 0 Å². The van der Waals surface area contributed by atoms with E-state index in [4.69, 9.17) is 16.3 Å². The van der Waals surface area contributed by atoms with E-state index in [0.717, 1.165) is 12.8 Å². The third-order valence-electron chi connectivity index (χ3n) is 3.68. The molecule has 4 nitrogen and oxygen atoms in total. The molecule has 1 aromatic carbocycles. The van der Waals surface area contributed by atoms with Gasteiger partial charge in [0.2, 0.25) is 0 Å². The van der Waals surface area contributed by atoms with Crippen LogP contribution in [0.1, 0.15) is 26.7 Å². The van der Waals surface area contributed by atoms with Gasteiger partial charge in [-0.15, -0.1) is 0 Å². The van der Waals surface area contributed by atoms with Crippen LogP contribution in [-0.2, 0) is 4.79 Å². The second-order valence-electron chi connectivity index (χ2n) is 4.88. The van der Waals surface area contributed by atoms with E-state index < -0.39 is 0 Å². The molecule has 0 aliphatic heterocycles. The van der Waals surface area contributed by atoms with Crippen molar-refractivity contribution >= 4 is 17.5 Å². The topological polar surface area (TPSA) is 58.6 Å². The first-order valence-corrected chi connectivity index (χ1v) is 7.19. The highest BCUT2D eigenvalue weighted by Gasteiger charge is 2.25. The van der Waals surface area contributed by atoms with Crippen molar-refractivity contribution < 1.29 is 14.6 Å². The van der Waals surface area contributed by atoms with Crippen molar-refractivity contribution in [1.82, 2.24) is 5.32 Å². The second kappa shape index (κ2) is 8.12. The first kappa shape index (κ1) is 16.8. The van der Waals surface area contributed by atoms with Crippen LogP contribution in [0.15, 0.2) is 24.3 Å². The number of halogens is 1. The first-order valence-electron chi connectivity index (χ1n) is 6.81. The maximum absolute atomic E-state index is 11.7. The van der Waals surface area contributed by atoms with Crippen LogP contribution in [0, 0.1) is 5.41 Å². The van der Waals surface area contributed by atoms with Gasteiger partial charge in [0.15, 0.2) is 6.61 Å². The highest BCUT2D eigenvalue weighted by molar-refractivity contribution is 6.30. The molecule has 0 atom stereocenters. The minimum atomic E-state index is -0.240. The highest BCUT2D eigenvalue weighted by atomic mass is 35.5. The Hall–Kier alpha value is -1.26. The average Bonchev–Trinajstić information content (AvgIpc) is 2.48. The molecule has 0 spiro atoms. The average molecular weight is 300 g/mol. The number of aliphatic hydroxyl groups excluding tert-OH is 1. The van der Waals surface area contributed by atoms with Gasteiger partial charge >= 0.3 is 0 Å². The van der Waals surface area contributed by atoms with Gasteiger partial charge in [-0.05, 0) is 37.1 Å². The molecule has 2 N–H and O–H groups in total. The van der Waals surface area contributed by atoms with Crippen LogP contribution in [0.2, 0.25) is 5.02 Å². The molecule has 0 radical (unpaired) electrons. The summed E-state index contributed by atoms with van der Waals surface area (Å²) in [5, 5.41) is 12.9. The van der Waals surface area contributed by atoms with Crippen molar-refractivity contribution in [2.24, 2.45) is 5.41 Å². The number of ether oxygens (including phenoxy) is 1. The Morgan fingerprint density at radius 3 is 2.40 bits per heavy atom. The van der Waals surface area contributed by atoms with Gasteiger partial charge in [-0.25, -0.2) is 0 Å². The maximum atomic E-state index is 11.7. The predicted octanol–water partition coefficient (Wildman–Crippen LogP) is 2.63. The van der Waals surface area contributed by atoms with Gasteiger partial charge in [0.05, 0.1) is 6.61 Å². The monoisotopic (exact) mass is 299 g/mol. The summed E-state index contributed by atoms with van der Waals surface area (Å²) in [6.45, 7) is 4.50. The lowest BCUT2D eigenvalue weighted by atomic mass is 9.83. The Morgan fingerprint density at radius 2 is 1.90 bits per heavy atom. The maximum Gasteiger partial charge on any atom is 0.257 e. The molecule has 0 aliphatic rings. The molecule has 1 amide bonds. The van der Waals surface area contributed by atoms with Crippen molar-refractivity contribution in [2.45, 2.75) is 26.7 Å². The van der Waals surface area contributed by atoms with E-state index in [0.29, 0.717) is 17.3 Å². The summed E-state index contributed by atoms with van der Waals surface area (Å²) in [4.78, 5) is 11.7. The van der Waals surface area contributed by atoms with E-state index in [1.165, 1.54) is 0 Å². The summed E-state index contributed by atoms with van der Waals surface area (Å²) in [7, 11) is 0. The zero-order chi connectivity index (χ0) is 15.0. The van der Waals surface area contributed by atoms with E-state index in [2.05, 4.69) is 5.32 Å². The normalized spacial score (nSPS) is 11.2. The summed E-state index contributed by atoms with van der Waals surface area (Å²) in [6.07, 6.45) is 1.64. The zero-order valence-electron chi connectivity index (χ0n) is 12.0. The van der Waals surface area contributed by atoms with Gasteiger partial charge in [-0.3, -0.25) is 4.79 Å². The number of carbonyl (C=O) groups excluding carboxylic acids is 1. The first-order chi connectivity index (χ1) is 9.55. The lowest BCUT2D eigenvalue weighted by molar-refractivity contribution is -0.123. The summed E-state index contributed by atoms with van der Waals surface area (Å²) >= 11 is 5.76. The molecule has 1 aromatic rings. The fourth-order valence-corrected chi connectivity index (χ4v) is 1.92. The molecule has 0 aromatic heterocycles. The molecule has 0 heterocycles. The molecule has 5 heteroatoms. The number of benzene rings is 1. The summed E-state index contributed by atoms with van der Waals surface area (Å²) in [5.74, 6) is 0.406. The Balaban J connectivity index is 2.38. The van der Waals surface area contributed by atoms with Gasteiger partial charge < -0.3 is 15.2 Å². The smallest absolute Gasteiger partial charge is 0.257 e. The Bertz CT molecular complexity index is 407. The van der Waals surface area contributed by atoms with Crippen molar-refractivity contribution in [1.29, 1.82) is 0 Å². The van der Waals surface area contributed by atoms with Crippen LogP contribution in [0.25, 0.3) is 0 Å². The predicted molar refractivity (Wildman–Crippen MR) is 80.1 cm³/mol. The molecule has 112 valence electrons. The van der Waals surface area contributed by atoms with E-state index in [1.807, 2.05) is 13.8 Å². The number of nitrogens with one attached hydrogen (secondary N) is 1. The van der Waals surface area contributed by atoms with E-state index in [1.54, 1.807) is 24.3 Å². The third kappa shape index (κ3) is 5.02. The van der Waals surface area contributed by atoms with Gasteiger partial charge in [0, 0.05) is 17.0 Å². The van der Waals surface area contributed by atoms with Gasteiger partial charge in [-0.2, -0.15) is 0 Å². The molecule has 20 heavy (non-hydrogen) atoms. The highest BCUT2D eigenvalue weighted by Crippen LogP contribution is 2.24. The number of hydrogen-bond donors (Lipinski definition) is 2. The second-order valence-corrected chi connectivity index (χ2v) is 5.32. The standard InChI is InChI=1S/C15H22ClNO3/c1-3-15(4-2,11-18)10-17-14(19)9-20-13-7-5-12(16)6-8-13/h5-8,18H,3-4,9-11H2,1-2H3,(H,17,19). The Labute approximate surface area is 125 Å². The minimum Gasteiger partial charge on any atom is -0.484 e. The Kier molecular flexibility index (Phi) is 6.82. The van der Waals surface area contributed by atoms with E-state index in [9.17, 15) is 9.90 Å². The largest absolute Gasteiger partial charge is 0.484 e. The summed E-state index contributed by atoms with van der Waals surface area (Å²) in [6, 6.07) is 6.84. The fraction of sp³-hybridized carbons (Fsp3) is 0.533. The van der Waals surface area contributed by atoms with Crippen molar-refractivity contribution in [3.05, 3.63) is 29.3 Å². The quantitative estimate of drug-likeness (QED) is 0.776. The summed E-state index contributed by atoms with van der Waals surface area (Å²) in [5.41, 5.74) is -0.240. The molecular weight excluding hydrogens is 278 g/mol. The van der Waals surface area contributed by atoms with Crippen molar-refractivity contribution in [2.75, 3.05) is 19.8 Å². The molecule has 1 rings (SSSR count). The van der Waals surface area contributed by atoms with Gasteiger partial charge in [0.1, 0.15) is 5.75 Å². The summed E-state index contributed by atoms with van der Waals surface area (Å²) < 4.78 is 5.36. The van der Waals surface area contributed by atoms with Crippen LogP contribution in [0.5, 0.6) is 5.75 Å². The lowest BCUT2D eigenvalue weighted by Crippen LogP contribution is -2.41. The molecule has 0 saturated carbocycles. The van der Waals surface area contributed by atoms with Crippen LogP contribution < -0.4 is 10.1 Å². The number of carbonyl (C=O) groups is 1. The van der Waals surface area contributed by atoms with Gasteiger partial charge in [-0.1, -0.05) is 25.4 Å². The lowest BCUT2D eigenvalue weighted by Gasteiger charge is -2.29. The number of amides is 1. The van der Waals surface area contributed by atoms with Crippen LogP contribution in [0.3, 0.4) is 0 Å². The van der Waals surface area contributed by atoms with Crippen molar-refractivity contribution in [3.63, 3.8) is 0 Å². The SMILES string of the molecule is CCC(CC)(CO)CNC(=O)COc1ccc(Cl)cc1. The minimum absolute atomic E-state index is 0.0451. The zero-order valence-corrected chi connectivity index (χ0v) is 12.7. The molecule has 0 bridgehead atoms. The molecular formula is C15H22ClNO3. The number of rotatable bonds is 8. The third-order valence-corrected chi connectivity index (χ3v) is 3.93. The molecule has 0 saturated heterocycles. The fourth-order valence-electron chi connectivity index (χ4n) is 1.80. The van der Waals surface area contributed by atoms with Crippen LogP contribution in [-0.4, -0.2) is 30.8 Å². The molecule has 0 fully saturated rings.